The van der Waals surface area contributed by atoms with Gasteiger partial charge in [-0.1, -0.05) is 25.8 Å². The van der Waals surface area contributed by atoms with E-state index in [0.717, 1.165) is 19.3 Å². The van der Waals surface area contributed by atoms with Gasteiger partial charge in [-0.2, -0.15) is 0 Å². The minimum Gasteiger partial charge on any atom is -0.327 e. The summed E-state index contributed by atoms with van der Waals surface area (Å²) in [6, 6.07) is 4.15. The fraction of sp³-hybridized carbons (Fsp3) is 0.625. The molecule has 1 saturated carbocycles. The maximum Gasteiger partial charge on any atom is 0.129 e. The van der Waals surface area contributed by atoms with E-state index in [2.05, 4.69) is 6.92 Å². The van der Waals surface area contributed by atoms with Gasteiger partial charge in [0.1, 0.15) is 11.6 Å². The summed E-state index contributed by atoms with van der Waals surface area (Å²) in [5.74, 6) is -0.00374. The number of nitrogens with two attached hydrogens (primary N) is 1. The van der Waals surface area contributed by atoms with Crippen LogP contribution < -0.4 is 5.73 Å². The molecule has 0 heterocycles. The lowest BCUT2D eigenvalue weighted by atomic mass is 9.74. The first-order chi connectivity index (χ1) is 9.11. The Morgan fingerprint density at radius 2 is 1.89 bits per heavy atom. The first kappa shape index (κ1) is 14.4. The highest BCUT2D eigenvalue weighted by atomic mass is 19.1. The summed E-state index contributed by atoms with van der Waals surface area (Å²) in [7, 11) is 0. The summed E-state index contributed by atoms with van der Waals surface area (Å²) in [4.78, 5) is 0. The molecule has 3 unspecified atom stereocenters. The summed E-state index contributed by atoms with van der Waals surface area (Å²) in [6.07, 6.45) is 5.93. The van der Waals surface area contributed by atoms with E-state index in [1.807, 2.05) is 0 Å². The summed E-state index contributed by atoms with van der Waals surface area (Å²) in [6.45, 7) is 2.18. The summed E-state index contributed by atoms with van der Waals surface area (Å²) in [5, 5.41) is 0. The number of hydrogen-bond donors (Lipinski definition) is 1. The average Bonchev–Trinajstić information content (AvgIpc) is 2.38. The Morgan fingerprint density at radius 3 is 2.53 bits per heavy atom. The second-order valence-corrected chi connectivity index (χ2v) is 5.80. The van der Waals surface area contributed by atoms with E-state index in [4.69, 9.17) is 5.73 Å². The predicted octanol–water partition coefficient (Wildman–Crippen LogP) is 4.05. The summed E-state index contributed by atoms with van der Waals surface area (Å²) in [5.41, 5.74) is 6.35. The first-order valence-electron chi connectivity index (χ1n) is 7.30. The molecule has 19 heavy (non-hydrogen) atoms. The maximum atomic E-state index is 13.7. The molecule has 0 aliphatic heterocycles. The van der Waals surface area contributed by atoms with Crippen LogP contribution in [0.1, 0.15) is 44.6 Å². The van der Waals surface area contributed by atoms with Crippen LogP contribution in [0, 0.1) is 23.5 Å². The highest BCUT2D eigenvalue weighted by Gasteiger charge is 2.29. The van der Waals surface area contributed by atoms with E-state index < -0.39 is 11.6 Å². The highest BCUT2D eigenvalue weighted by Crippen LogP contribution is 2.34. The molecule has 2 rings (SSSR count). The Balaban J connectivity index is 2.08. The van der Waals surface area contributed by atoms with E-state index in [0.29, 0.717) is 12.3 Å². The quantitative estimate of drug-likeness (QED) is 0.875. The van der Waals surface area contributed by atoms with E-state index in [9.17, 15) is 8.78 Å². The lowest BCUT2D eigenvalue weighted by Crippen LogP contribution is -2.37. The van der Waals surface area contributed by atoms with Crippen molar-refractivity contribution in [2.24, 2.45) is 17.6 Å². The topological polar surface area (TPSA) is 26.0 Å². The minimum atomic E-state index is -0.440. The zero-order valence-corrected chi connectivity index (χ0v) is 11.5. The normalized spacial score (nSPS) is 27.5. The molecule has 1 fully saturated rings. The predicted molar refractivity (Wildman–Crippen MR) is 73.8 cm³/mol. The molecule has 1 aliphatic rings. The number of halogens is 2. The van der Waals surface area contributed by atoms with Crippen LogP contribution in [0.15, 0.2) is 18.2 Å². The molecule has 1 aromatic carbocycles. The lowest BCUT2D eigenvalue weighted by Gasteiger charge is -2.34. The van der Waals surface area contributed by atoms with Crippen molar-refractivity contribution in [2.45, 2.75) is 51.5 Å². The standard InChI is InChI=1S/C16H23F2N/c1-2-4-11-7-8-16(19)12(9-11)10-13-14(17)5-3-6-15(13)18/h3,5-6,11-12,16H,2,4,7-10,19H2,1H3. The smallest absolute Gasteiger partial charge is 0.129 e. The van der Waals surface area contributed by atoms with Crippen molar-refractivity contribution in [3.63, 3.8) is 0 Å². The van der Waals surface area contributed by atoms with Gasteiger partial charge < -0.3 is 5.73 Å². The monoisotopic (exact) mass is 267 g/mol. The van der Waals surface area contributed by atoms with Crippen LogP contribution in [0.4, 0.5) is 8.78 Å². The summed E-state index contributed by atoms with van der Waals surface area (Å²) >= 11 is 0. The third-order valence-corrected chi connectivity index (χ3v) is 4.37. The molecule has 0 bridgehead atoms. The van der Waals surface area contributed by atoms with Gasteiger partial charge in [-0.05, 0) is 49.7 Å². The zero-order chi connectivity index (χ0) is 13.8. The third kappa shape index (κ3) is 3.53. The van der Waals surface area contributed by atoms with Gasteiger partial charge in [0.25, 0.3) is 0 Å². The van der Waals surface area contributed by atoms with Gasteiger partial charge in [0, 0.05) is 11.6 Å². The van der Waals surface area contributed by atoms with Crippen molar-refractivity contribution in [3.8, 4) is 0 Å². The maximum absolute atomic E-state index is 13.7. The fourth-order valence-corrected chi connectivity index (χ4v) is 3.28. The molecular weight excluding hydrogens is 244 g/mol. The fourth-order valence-electron chi connectivity index (χ4n) is 3.28. The van der Waals surface area contributed by atoms with Gasteiger partial charge in [-0.25, -0.2) is 8.78 Å². The van der Waals surface area contributed by atoms with E-state index in [1.165, 1.54) is 31.0 Å². The molecule has 2 N–H and O–H groups in total. The molecule has 1 aromatic rings. The van der Waals surface area contributed by atoms with E-state index >= 15 is 0 Å². The molecule has 0 aromatic heterocycles. The lowest BCUT2D eigenvalue weighted by molar-refractivity contribution is 0.219. The number of rotatable bonds is 4. The Bertz CT molecular complexity index is 399. The van der Waals surface area contributed by atoms with Gasteiger partial charge in [0.15, 0.2) is 0 Å². The van der Waals surface area contributed by atoms with Gasteiger partial charge in [0.05, 0.1) is 0 Å². The average molecular weight is 267 g/mol. The summed E-state index contributed by atoms with van der Waals surface area (Å²) < 4.78 is 27.4. The van der Waals surface area contributed by atoms with Crippen molar-refractivity contribution in [2.75, 3.05) is 0 Å². The second kappa shape index (κ2) is 6.47. The third-order valence-electron chi connectivity index (χ3n) is 4.37. The molecule has 1 nitrogen and oxygen atoms in total. The molecule has 0 spiro atoms. The molecular formula is C16H23F2N. The van der Waals surface area contributed by atoms with Crippen LogP contribution in [0.25, 0.3) is 0 Å². The first-order valence-corrected chi connectivity index (χ1v) is 7.30. The highest BCUT2D eigenvalue weighted by molar-refractivity contribution is 5.20. The van der Waals surface area contributed by atoms with Gasteiger partial charge in [-0.15, -0.1) is 0 Å². The molecule has 106 valence electrons. The Morgan fingerprint density at radius 1 is 1.21 bits per heavy atom. The zero-order valence-electron chi connectivity index (χ0n) is 11.5. The Kier molecular flexibility index (Phi) is 4.92. The van der Waals surface area contributed by atoms with Gasteiger partial charge in [-0.3, -0.25) is 0 Å². The van der Waals surface area contributed by atoms with Gasteiger partial charge >= 0.3 is 0 Å². The van der Waals surface area contributed by atoms with Crippen LogP contribution >= 0.6 is 0 Å². The van der Waals surface area contributed by atoms with Crippen molar-refractivity contribution < 1.29 is 8.78 Å². The molecule has 1 aliphatic carbocycles. The number of hydrogen-bond acceptors (Lipinski definition) is 1. The van der Waals surface area contributed by atoms with Crippen LogP contribution in [-0.4, -0.2) is 6.04 Å². The largest absolute Gasteiger partial charge is 0.327 e. The molecule has 0 saturated heterocycles. The molecule has 0 radical (unpaired) electrons. The molecule has 0 amide bonds. The Labute approximate surface area is 114 Å². The SMILES string of the molecule is CCCC1CCC(N)C(Cc2c(F)cccc2F)C1. The van der Waals surface area contributed by atoms with E-state index in [1.54, 1.807) is 0 Å². The van der Waals surface area contributed by atoms with Crippen molar-refractivity contribution in [1.82, 2.24) is 0 Å². The van der Waals surface area contributed by atoms with Crippen LogP contribution in [-0.2, 0) is 6.42 Å². The number of benzene rings is 1. The van der Waals surface area contributed by atoms with Crippen molar-refractivity contribution in [3.05, 3.63) is 35.4 Å². The minimum absolute atomic E-state index is 0.0760. The molecule has 3 atom stereocenters. The van der Waals surface area contributed by atoms with E-state index in [-0.39, 0.29) is 17.5 Å². The van der Waals surface area contributed by atoms with Crippen LogP contribution in [0.5, 0.6) is 0 Å². The van der Waals surface area contributed by atoms with Gasteiger partial charge in [0.2, 0.25) is 0 Å². The van der Waals surface area contributed by atoms with Crippen LogP contribution in [0.2, 0.25) is 0 Å². The van der Waals surface area contributed by atoms with Crippen molar-refractivity contribution in [1.29, 1.82) is 0 Å². The molecule has 3 heteroatoms. The van der Waals surface area contributed by atoms with Crippen LogP contribution in [0.3, 0.4) is 0 Å². The Hall–Kier alpha value is -0.960. The van der Waals surface area contributed by atoms with Crippen molar-refractivity contribution >= 4 is 0 Å². The second-order valence-electron chi connectivity index (χ2n) is 5.80.